The highest BCUT2D eigenvalue weighted by Gasteiger charge is 2.26. The second-order valence-electron chi connectivity index (χ2n) is 10.6. The molecule has 5 rings (SSSR count). The Morgan fingerprint density at radius 2 is 1.72 bits per heavy atom. The maximum atomic E-state index is 13.6. The molecule has 7 nitrogen and oxygen atoms in total. The number of piperazine rings is 1. The van der Waals surface area contributed by atoms with Crippen molar-refractivity contribution in [2.45, 2.75) is 46.1 Å². The minimum Gasteiger partial charge on any atom is -0.382 e. The number of benzene rings is 2. The smallest absolute Gasteiger partial charge is 0.254 e. The number of carbonyl (C=O) groups is 1. The zero-order valence-electron chi connectivity index (χ0n) is 23.3. The zero-order chi connectivity index (χ0) is 27.4. The van der Waals surface area contributed by atoms with Gasteiger partial charge in [0.25, 0.3) is 5.91 Å². The third-order valence-electron chi connectivity index (χ3n) is 8.14. The molecule has 2 aromatic carbocycles. The largest absolute Gasteiger partial charge is 0.382 e. The summed E-state index contributed by atoms with van der Waals surface area (Å²) in [5.74, 6) is 1.15. The van der Waals surface area contributed by atoms with Crippen LogP contribution < -0.4 is 15.1 Å². The standard InChI is InChI=1S/C32H38N6O/c1-4-25-9-7-13-34-31(25)37-16-18-38(19-17-37)32(39)28-21-29(24(3)20-23(28)2)35-27-11-14-36(15-12-27)30-10-6-5-8-26(30)22-33/h5-10,13,20-21,27,35H,4,11-12,14-19H2,1-3H3. The number of aryl methyl sites for hydroxylation is 3. The monoisotopic (exact) mass is 522 g/mol. The summed E-state index contributed by atoms with van der Waals surface area (Å²) in [6, 6.07) is 18.8. The van der Waals surface area contributed by atoms with Gasteiger partial charge < -0.3 is 20.0 Å². The molecule has 2 fully saturated rings. The number of aromatic nitrogens is 1. The first-order chi connectivity index (χ1) is 19.0. The van der Waals surface area contributed by atoms with Gasteiger partial charge in [-0.3, -0.25) is 4.79 Å². The molecule has 7 heteroatoms. The lowest BCUT2D eigenvalue weighted by Gasteiger charge is -2.37. The molecule has 0 saturated carbocycles. The molecule has 1 aromatic heterocycles. The van der Waals surface area contributed by atoms with Crippen LogP contribution in [-0.2, 0) is 6.42 Å². The van der Waals surface area contributed by atoms with Gasteiger partial charge in [0.2, 0.25) is 0 Å². The van der Waals surface area contributed by atoms with E-state index < -0.39 is 0 Å². The fourth-order valence-electron chi connectivity index (χ4n) is 5.85. The molecule has 0 radical (unpaired) electrons. The molecule has 1 N–H and O–H groups in total. The Hall–Kier alpha value is -4.05. The third kappa shape index (κ3) is 5.70. The van der Waals surface area contributed by atoms with Crippen molar-refractivity contribution in [3.63, 3.8) is 0 Å². The van der Waals surface area contributed by atoms with E-state index >= 15 is 0 Å². The number of carbonyl (C=O) groups excluding carboxylic acids is 1. The number of hydrogen-bond donors (Lipinski definition) is 1. The van der Waals surface area contributed by atoms with Crippen LogP contribution in [0.5, 0.6) is 0 Å². The third-order valence-corrected chi connectivity index (χ3v) is 8.14. The normalized spacial score (nSPS) is 16.2. The summed E-state index contributed by atoms with van der Waals surface area (Å²) in [4.78, 5) is 24.8. The molecule has 2 aliphatic rings. The summed E-state index contributed by atoms with van der Waals surface area (Å²) in [5, 5.41) is 13.2. The number of rotatable bonds is 6. The summed E-state index contributed by atoms with van der Waals surface area (Å²) < 4.78 is 0. The van der Waals surface area contributed by atoms with Crippen LogP contribution in [0.1, 0.15) is 52.4 Å². The molecule has 0 bridgehead atoms. The number of nitriles is 1. The Kier molecular flexibility index (Phi) is 8.02. The Morgan fingerprint density at radius 1 is 0.974 bits per heavy atom. The molecule has 0 spiro atoms. The van der Waals surface area contributed by atoms with E-state index in [0.29, 0.717) is 19.1 Å². The molecule has 39 heavy (non-hydrogen) atoms. The van der Waals surface area contributed by atoms with E-state index in [-0.39, 0.29) is 5.91 Å². The van der Waals surface area contributed by atoms with Crippen molar-refractivity contribution in [2.75, 3.05) is 54.4 Å². The van der Waals surface area contributed by atoms with Crippen LogP contribution in [0.2, 0.25) is 0 Å². The fourth-order valence-corrected chi connectivity index (χ4v) is 5.85. The molecule has 202 valence electrons. The maximum absolute atomic E-state index is 13.6. The average molecular weight is 523 g/mol. The predicted molar refractivity (Wildman–Crippen MR) is 158 cm³/mol. The number of para-hydroxylation sites is 1. The zero-order valence-corrected chi connectivity index (χ0v) is 23.3. The molecule has 2 saturated heterocycles. The molecule has 0 aliphatic carbocycles. The molecule has 3 aromatic rings. The molecular formula is C32H38N6O. The fraction of sp³-hybridized carbons (Fsp3) is 0.406. The lowest BCUT2D eigenvalue weighted by Crippen LogP contribution is -2.49. The van der Waals surface area contributed by atoms with Gasteiger partial charge >= 0.3 is 0 Å². The number of pyridine rings is 1. The van der Waals surface area contributed by atoms with E-state index in [9.17, 15) is 10.1 Å². The highest BCUT2D eigenvalue weighted by molar-refractivity contribution is 5.97. The molecule has 0 atom stereocenters. The van der Waals surface area contributed by atoms with Gasteiger partial charge in [0.05, 0.1) is 11.3 Å². The molecule has 3 heterocycles. The van der Waals surface area contributed by atoms with Gasteiger partial charge in [-0.05, 0) is 74.1 Å². The van der Waals surface area contributed by atoms with E-state index in [1.807, 2.05) is 48.4 Å². The van der Waals surface area contributed by atoms with Crippen LogP contribution in [0.25, 0.3) is 0 Å². The summed E-state index contributed by atoms with van der Waals surface area (Å²) in [6.45, 7) is 11.1. The van der Waals surface area contributed by atoms with E-state index in [4.69, 9.17) is 0 Å². The summed E-state index contributed by atoms with van der Waals surface area (Å²) in [6.07, 6.45) is 4.76. The first-order valence-corrected chi connectivity index (χ1v) is 14.1. The van der Waals surface area contributed by atoms with Crippen molar-refractivity contribution < 1.29 is 4.79 Å². The Morgan fingerprint density at radius 3 is 2.44 bits per heavy atom. The van der Waals surface area contributed by atoms with Crippen molar-refractivity contribution in [3.05, 3.63) is 82.5 Å². The number of nitrogens with one attached hydrogen (secondary N) is 1. The van der Waals surface area contributed by atoms with Crippen molar-refractivity contribution in [2.24, 2.45) is 0 Å². The van der Waals surface area contributed by atoms with E-state index in [1.165, 1.54) is 5.56 Å². The highest BCUT2D eigenvalue weighted by atomic mass is 16.2. The summed E-state index contributed by atoms with van der Waals surface area (Å²) >= 11 is 0. The van der Waals surface area contributed by atoms with Gasteiger partial charge in [-0.25, -0.2) is 4.98 Å². The minimum atomic E-state index is 0.106. The quantitative estimate of drug-likeness (QED) is 0.481. The minimum absolute atomic E-state index is 0.106. The van der Waals surface area contributed by atoms with Gasteiger partial charge in [0.1, 0.15) is 11.9 Å². The van der Waals surface area contributed by atoms with E-state index in [0.717, 1.165) is 84.9 Å². The average Bonchev–Trinajstić information content (AvgIpc) is 2.98. The number of hydrogen-bond acceptors (Lipinski definition) is 6. The van der Waals surface area contributed by atoms with Crippen molar-refractivity contribution in [1.82, 2.24) is 9.88 Å². The Bertz CT molecular complexity index is 1360. The van der Waals surface area contributed by atoms with Crippen LogP contribution in [0.15, 0.2) is 54.7 Å². The van der Waals surface area contributed by atoms with Gasteiger partial charge in [-0.15, -0.1) is 0 Å². The maximum Gasteiger partial charge on any atom is 0.254 e. The van der Waals surface area contributed by atoms with Gasteiger partial charge in [0, 0.05) is 62.8 Å². The lowest BCUT2D eigenvalue weighted by molar-refractivity contribution is 0.0746. The van der Waals surface area contributed by atoms with Crippen LogP contribution in [0, 0.1) is 25.2 Å². The van der Waals surface area contributed by atoms with Crippen molar-refractivity contribution >= 4 is 23.1 Å². The molecule has 1 amide bonds. The summed E-state index contributed by atoms with van der Waals surface area (Å²) in [5.41, 5.74) is 7.01. The highest BCUT2D eigenvalue weighted by Crippen LogP contribution is 2.28. The van der Waals surface area contributed by atoms with Gasteiger partial charge in [0.15, 0.2) is 0 Å². The lowest BCUT2D eigenvalue weighted by atomic mass is 9.99. The number of nitrogens with zero attached hydrogens (tertiary/aromatic N) is 5. The van der Waals surface area contributed by atoms with Crippen LogP contribution in [-0.4, -0.2) is 61.1 Å². The van der Waals surface area contributed by atoms with E-state index in [1.54, 1.807) is 0 Å². The van der Waals surface area contributed by atoms with Gasteiger partial charge in [-0.1, -0.05) is 31.2 Å². The first kappa shape index (κ1) is 26.6. The number of anilines is 3. The van der Waals surface area contributed by atoms with Crippen molar-refractivity contribution in [3.8, 4) is 6.07 Å². The molecular weight excluding hydrogens is 484 g/mol. The van der Waals surface area contributed by atoms with Crippen LogP contribution >= 0.6 is 0 Å². The summed E-state index contributed by atoms with van der Waals surface area (Å²) in [7, 11) is 0. The number of piperidine rings is 1. The molecule has 0 unspecified atom stereocenters. The SMILES string of the molecule is CCc1cccnc1N1CCN(C(=O)c2cc(NC3CCN(c4ccccc4C#N)CC3)c(C)cc2C)CC1. The Labute approximate surface area is 232 Å². The van der Waals surface area contributed by atoms with Gasteiger partial charge in [-0.2, -0.15) is 5.26 Å². The second kappa shape index (κ2) is 11.8. The van der Waals surface area contributed by atoms with E-state index in [2.05, 4.69) is 58.2 Å². The number of amides is 1. The second-order valence-corrected chi connectivity index (χ2v) is 10.6. The topological polar surface area (TPSA) is 75.5 Å². The molecule has 2 aliphatic heterocycles. The van der Waals surface area contributed by atoms with Crippen LogP contribution in [0.3, 0.4) is 0 Å². The predicted octanol–water partition coefficient (Wildman–Crippen LogP) is 5.18. The van der Waals surface area contributed by atoms with Crippen LogP contribution in [0.4, 0.5) is 17.2 Å². The van der Waals surface area contributed by atoms with Crippen molar-refractivity contribution in [1.29, 1.82) is 5.26 Å². The Balaban J connectivity index is 1.23. The first-order valence-electron chi connectivity index (χ1n) is 14.1.